The van der Waals surface area contributed by atoms with Gasteiger partial charge in [-0.2, -0.15) is 0 Å². The smallest absolute Gasteiger partial charge is 0.248 e. The maximum Gasteiger partial charge on any atom is 0.248 e. The van der Waals surface area contributed by atoms with Crippen molar-refractivity contribution in [2.75, 3.05) is 19.7 Å². The number of aryl methyl sites for hydroxylation is 1. The van der Waals surface area contributed by atoms with E-state index in [4.69, 9.17) is 10.5 Å². The molecule has 0 unspecified atom stereocenters. The first-order chi connectivity index (χ1) is 16.0. The summed E-state index contributed by atoms with van der Waals surface area (Å²) in [6, 6.07) is 13.2. The van der Waals surface area contributed by atoms with Gasteiger partial charge in [0.2, 0.25) is 11.8 Å². The zero-order valence-corrected chi connectivity index (χ0v) is 18.1. The van der Waals surface area contributed by atoms with Crippen LogP contribution in [0.5, 0.6) is 0 Å². The lowest BCUT2D eigenvalue weighted by Crippen LogP contribution is -2.42. The summed E-state index contributed by atoms with van der Waals surface area (Å²) in [6.07, 6.45) is 4.61. The molecular weight excluding hydrogens is 423 g/mol. The maximum absolute atomic E-state index is 13.0. The highest BCUT2D eigenvalue weighted by Crippen LogP contribution is 2.29. The number of hydrogen-bond donors (Lipinski definition) is 1. The first kappa shape index (κ1) is 22.5. The lowest BCUT2D eigenvalue weighted by atomic mass is 10.0. The molecular formula is C25H25FN4O3. The average Bonchev–Trinajstić information content (AvgIpc) is 2.85. The molecule has 0 bridgehead atoms. The third kappa shape index (κ3) is 5.59. The van der Waals surface area contributed by atoms with Gasteiger partial charge in [-0.25, -0.2) is 4.39 Å². The van der Waals surface area contributed by atoms with Gasteiger partial charge in [0.15, 0.2) is 0 Å². The number of benzene rings is 2. The molecule has 0 spiro atoms. The molecule has 3 aromatic rings. The van der Waals surface area contributed by atoms with Crippen LogP contribution >= 0.6 is 0 Å². The number of morpholine rings is 1. The van der Waals surface area contributed by atoms with E-state index < -0.39 is 12.0 Å². The Balaban J connectivity index is 1.41. The van der Waals surface area contributed by atoms with Crippen molar-refractivity contribution in [3.8, 4) is 11.3 Å². The van der Waals surface area contributed by atoms with Crippen LogP contribution in [0, 0.1) is 5.82 Å². The van der Waals surface area contributed by atoms with E-state index in [1.807, 2.05) is 0 Å². The van der Waals surface area contributed by atoms with Crippen molar-refractivity contribution in [2.45, 2.75) is 25.4 Å². The minimum atomic E-state index is -0.495. The van der Waals surface area contributed by atoms with Gasteiger partial charge in [0.1, 0.15) is 11.9 Å². The number of aromatic nitrogens is 2. The van der Waals surface area contributed by atoms with E-state index in [1.54, 1.807) is 53.7 Å². The van der Waals surface area contributed by atoms with Crippen molar-refractivity contribution in [1.82, 2.24) is 14.9 Å². The molecule has 2 aromatic carbocycles. The normalized spacial score (nSPS) is 15.9. The average molecular weight is 448 g/mol. The number of carbonyl (C=O) groups is 2. The summed E-state index contributed by atoms with van der Waals surface area (Å²) in [5.41, 5.74) is 8.83. The van der Waals surface area contributed by atoms with Crippen molar-refractivity contribution in [3.05, 3.63) is 83.6 Å². The number of nitrogens with zero attached hydrogens (tertiary/aromatic N) is 3. The van der Waals surface area contributed by atoms with Crippen molar-refractivity contribution < 1.29 is 18.7 Å². The van der Waals surface area contributed by atoms with E-state index >= 15 is 0 Å². The van der Waals surface area contributed by atoms with E-state index in [2.05, 4.69) is 9.97 Å². The minimum Gasteiger partial charge on any atom is -0.368 e. The molecule has 170 valence electrons. The van der Waals surface area contributed by atoms with Crippen molar-refractivity contribution in [1.29, 1.82) is 0 Å². The number of rotatable bonds is 7. The third-order valence-corrected chi connectivity index (χ3v) is 5.66. The molecule has 1 aliphatic heterocycles. The second kappa shape index (κ2) is 10.3. The molecule has 1 saturated heterocycles. The Labute approximate surface area is 191 Å². The van der Waals surface area contributed by atoms with Crippen LogP contribution in [0.15, 0.2) is 60.9 Å². The molecule has 2 amide bonds. The number of halogens is 1. The Morgan fingerprint density at radius 3 is 2.52 bits per heavy atom. The summed E-state index contributed by atoms with van der Waals surface area (Å²) in [7, 11) is 0. The monoisotopic (exact) mass is 448 g/mol. The van der Waals surface area contributed by atoms with Gasteiger partial charge in [-0.1, -0.05) is 24.3 Å². The molecule has 7 nitrogen and oxygen atoms in total. The van der Waals surface area contributed by atoms with E-state index in [-0.39, 0.29) is 11.7 Å². The van der Waals surface area contributed by atoms with E-state index in [1.165, 1.54) is 12.1 Å². The molecule has 2 heterocycles. The first-order valence-corrected chi connectivity index (χ1v) is 10.9. The fourth-order valence-electron chi connectivity index (χ4n) is 3.89. The molecule has 1 aliphatic rings. The summed E-state index contributed by atoms with van der Waals surface area (Å²) in [5.74, 6) is -0.701. The van der Waals surface area contributed by atoms with E-state index in [0.29, 0.717) is 49.5 Å². The Kier molecular flexibility index (Phi) is 7.04. The summed E-state index contributed by atoms with van der Waals surface area (Å²) in [6.45, 7) is 1.32. The SMILES string of the molecule is NC(=O)c1ccc(-c2nccnc2[C@@H]2CN(C(=O)CCCc3ccc(F)cc3)CCO2)cc1. The van der Waals surface area contributed by atoms with E-state index in [9.17, 15) is 14.0 Å². The summed E-state index contributed by atoms with van der Waals surface area (Å²) in [5, 5.41) is 0. The van der Waals surface area contributed by atoms with Crippen LogP contribution in [0.2, 0.25) is 0 Å². The molecule has 33 heavy (non-hydrogen) atoms. The van der Waals surface area contributed by atoms with Gasteiger partial charge in [-0.3, -0.25) is 19.6 Å². The quantitative estimate of drug-likeness (QED) is 0.598. The second-order valence-electron chi connectivity index (χ2n) is 7.91. The van der Waals surface area contributed by atoms with Crippen LogP contribution < -0.4 is 5.73 Å². The Morgan fingerprint density at radius 1 is 1.06 bits per heavy atom. The lowest BCUT2D eigenvalue weighted by Gasteiger charge is -2.33. The van der Waals surface area contributed by atoms with Gasteiger partial charge >= 0.3 is 0 Å². The van der Waals surface area contributed by atoms with Crippen LogP contribution in [-0.2, 0) is 16.0 Å². The third-order valence-electron chi connectivity index (χ3n) is 5.66. The zero-order valence-electron chi connectivity index (χ0n) is 18.1. The number of primary amides is 1. The predicted molar refractivity (Wildman–Crippen MR) is 121 cm³/mol. The number of amides is 2. The van der Waals surface area contributed by atoms with Crippen molar-refractivity contribution in [2.24, 2.45) is 5.73 Å². The summed E-state index contributed by atoms with van der Waals surface area (Å²) in [4.78, 5) is 34.9. The molecule has 2 N–H and O–H groups in total. The highest BCUT2D eigenvalue weighted by atomic mass is 19.1. The highest BCUT2D eigenvalue weighted by molar-refractivity contribution is 5.93. The molecule has 1 fully saturated rings. The predicted octanol–water partition coefficient (Wildman–Crippen LogP) is 3.30. The molecule has 8 heteroatoms. The van der Waals surface area contributed by atoms with Crippen molar-refractivity contribution >= 4 is 11.8 Å². The Morgan fingerprint density at radius 2 is 1.79 bits per heavy atom. The van der Waals surface area contributed by atoms with Gasteiger partial charge in [0.25, 0.3) is 0 Å². The number of ether oxygens (including phenoxy) is 1. The fourth-order valence-corrected chi connectivity index (χ4v) is 3.89. The maximum atomic E-state index is 13.0. The largest absolute Gasteiger partial charge is 0.368 e. The molecule has 1 aromatic heterocycles. The number of nitrogens with two attached hydrogens (primary N) is 1. The second-order valence-corrected chi connectivity index (χ2v) is 7.91. The highest BCUT2D eigenvalue weighted by Gasteiger charge is 2.28. The topological polar surface area (TPSA) is 98.4 Å². The van der Waals surface area contributed by atoms with Gasteiger partial charge in [-0.15, -0.1) is 0 Å². The summed E-state index contributed by atoms with van der Waals surface area (Å²) >= 11 is 0. The van der Waals surface area contributed by atoms with Gasteiger partial charge in [0, 0.05) is 36.5 Å². The van der Waals surface area contributed by atoms with Gasteiger partial charge in [0.05, 0.1) is 24.5 Å². The van der Waals surface area contributed by atoms with Crippen LogP contribution in [-0.4, -0.2) is 46.4 Å². The lowest BCUT2D eigenvalue weighted by molar-refractivity contribution is -0.139. The molecule has 1 atom stereocenters. The van der Waals surface area contributed by atoms with E-state index in [0.717, 1.165) is 17.5 Å². The molecule has 4 rings (SSSR count). The Bertz CT molecular complexity index is 1120. The molecule has 0 aliphatic carbocycles. The molecule has 0 radical (unpaired) electrons. The molecule has 0 saturated carbocycles. The van der Waals surface area contributed by atoms with Crippen LogP contribution in [0.25, 0.3) is 11.3 Å². The summed E-state index contributed by atoms with van der Waals surface area (Å²) < 4.78 is 19.0. The number of carbonyl (C=O) groups excluding carboxylic acids is 2. The fraction of sp³-hybridized carbons (Fsp3) is 0.280. The minimum absolute atomic E-state index is 0.0571. The number of hydrogen-bond acceptors (Lipinski definition) is 5. The van der Waals surface area contributed by atoms with Gasteiger partial charge in [-0.05, 0) is 42.7 Å². The van der Waals surface area contributed by atoms with Crippen LogP contribution in [0.4, 0.5) is 4.39 Å². The first-order valence-electron chi connectivity index (χ1n) is 10.9. The van der Waals surface area contributed by atoms with Gasteiger partial charge < -0.3 is 15.4 Å². The standard InChI is InChI=1S/C25H25FN4O3/c26-20-10-4-17(5-11-20)2-1-3-22(31)30-14-15-33-21(16-30)24-23(28-12-13-29-24)18-6-8-19(9-7-18)25(27)32/h4-13,21H,1-3,14-16H2,(H2,27,32)/t21-/m0/s1. The Hall–Kier alpha value is -3.65. The van der Waals surface area contributed by atoms with Crippen LogP contribution in [0.3, 0.4) is 0 Å². The van der Waals surface area contributed by atoms with Crippen molar-refractivity contribution in [3.63, 3.8) is 0 Å². The zero-order chi connectivity index (χ0) is 23.2. The van der Waals surface area contributed by atoms with Crippen LogP contribution in [0.1, 0.15) is 40.6 Å².